The van der Waals surface area contributed by atoms with Crippen molar-refractivity contribution in [1.29, 1.82) is 0 Å². The van der Waals surface area contributed by atoms with E-state index in [9.17, 15) is 0 Å². The zero-order valence-electron chi connectivity index (χ0n) is 9.66. The molecule has 1 unspecified atom stereocenters. The molecule has 0 aliphatic carbocycles. The summed E-state index contributed by atoms with van der Waals surface area (Å²) in [7, 11) is 0. The van der Waals surface area contributed by atoms with Crippen LogP contribution in [0.5, 0.6) is 0 Å². The van der Waals surface area contributed by atoms with Gasteiger partial charge in [-0.05, 0) is 24.2 Å². The van der Waals surface area contributed by atoms with Gasteiger partial charge in [0, 0.05) is 21.2 Å². The monoisotopic (exact) mass is 303 g/mol. The van der Waals surface area contributed by atoms with Crippen LogP contribution in [0.2, 0.25) is 0 Å². The fraction of sp³-hybridized carbons (Fsp3) is 0.500. The maximum atomic E-state index is 8.99. The molecule has 0 bridgehead atoms. The Bertz CT molecular complexity index is 333. The minimum Gasteiger partial charge on any atom is -0.395 e. The van der Waals surface area contributed by atoms with E-state index in [-0.39, 0.29) is 11.9 Å². The van der Waals surface area contributed by atoms with Gasteiger partial charge in [0.2, 0.25) is 0 Å². The Balaban J connectivity index is 2.66. The molecular formula is C12H18BrNOS. The first kappa shape index (κ1) is 14.0. The largest absolute Gasteiger partial charge is 0.395 e. The number of benzene rings is 1. The van der Waals surface area contributed by atoms with Gasteiger partial charge in [0.25, 0.3) is 0 Å². The van der Waals surface area contributed by atoms with Crippen LogP contribution in [0.15, 0.2) is 27.6 Å². The number of rotatable bonds is 6. The molecule has 0 aromatic heterocycles. The Kier molecular flexibility index (Phi) is 6.43. The van der Waals surface area contributed by atoms with Crippen molar-refractivity contribution >= 4 is 27.7 Å². The van der Waals surface area contributed by atoms with Gasteiger partial charge >= 0.3 is 0 Å². The van der Waals surface area contributed by atoms with Gasteiger partial charge < -0.3 is 10.4 Å². The van der Waals surface area contributed by atoms with E-state index < -0.39 is 0 Å². The van der Waals surface area contributed by atoms with Gasteiger partial charge in [-0.1, -0.05) is 35.8 Å². The molecule has 1 atom stereocenters. The first-order valence-electron chi connectivity index (χ1n) is 5.44. The first-order chi connectivity index (χ1) is 7.67. The third kappa shape index (κ3) is 4.45. The Morgan fingerprint density at radius 1 is 1.50 bits per heavy atom. The molecule has 0 radical (unpaired) electrons. The molecule has 16 heavy (non-hydrogen) atoms. The smallest absolute Gasteiger partial charge is 0.0550 e. The molecule has 90 valence electrons. The molecule has 0 spiro atoms. The van der Waals surface area contributed by atoms with Crippen molar-refractivity contribution in [1.82, 2.24) is 5.32 Å². The third-order valence-corrected chi connectivity index (χ3v) is 4.00. The molecule has 0 amide bonds. The van der Waals surface area contributed by atoms with Crippen molar-refractivity contribution in [3.8, 4) is 0 Å². The molecule has 0 aliphatic rings. The average Bonchev–Trinajstić information content (AvgIpc) is 2.28. The molecule has 2 nitrogen and oxygen atoms in total. The Labute approximate surface area is 110 Å². The van der Waals surface area contributed by atoms with Crippen LogP contribution < -0.4 is 5.32 Å². The number of halogens is 1. The van der Waals surface area contributed by atoms with Crippen LogP contribution in [0, 0.1) is 0 Å². The molecule has 4 heteroatoms. The topological polar surface area (TPSA) is 32.3 Å². The van der Waals surface area contributed by atoms with Crippen molar-refractivity contribution in [3.05, 3.63) is 28.2 Å². The maximum Gasteiger partial charge on any atom is 0.0550 e. The molecule has 0 saturated carbocycles. The van der Waals surface area contributed by atoms with E-state index in [0.29, 0.717) is 0 Å². The standard InChI is InChI=1S/C12H18BrNOS/c1-3-14-7-10-4-5-11(6-12(10)13)16-9(2)8-15/h4-6,9,14-15H,3,7-8H2,1-2H3. The predicted octanol–water partition coefficient (Wildman–Crippen LogP) is 3.03. The SMILES string of the molecule is CCNCc1ccc(SC(C)CO)cc1Br. The lowest BCUT2D eigenvalue weighted by Gasteiger charge is -2.10. The maximum absolute atomic E-state index is 8.99. The molecule has 0 fully saturated rings. The Morgan fingerprint density at radius 3 is 2.81 bits per heavy atom. The highest BCUT2D eigenvalue weighted by Crippen LogP contribution is 2.28. The summed E-state index contributed by atoms with van der Waals surface area (Å²) in [6, 6.07) is 6.34. The number of thioether (sulfide) groups is 1. The first-order valence-corrected chi connectivity index (χ1v) is 7.11. The van der Waals surface area contributed by atoms with Crippen LogP contribution in [0.4, 0.5) is 0 Å². The molecule has 1 aromatic carbocycles. The molecule has 0 aliphatic heterocycles. The van der Waals surface area contributed by atoms with Crippen molar-refractivity contribution in [3.63, 3.8) is 0 Å². The van der Waals surface area contributed by atoms with E-state index in [1.54, 1.807) is 11.8 Å². The minimum atomic E-state index is 0.210. The van der Waals surface area contributed by atoms with E-state index in [0.717, 1.165) is 17.6 Å². The number of hydrogen-bond acceptors (Lipinski definition) is 3. The second kappa shape index (κ2) is 7.33. The summed E-state index contributed by atoms with van der Waals surface area (Å²) >= 11 is 5.26. The van der Waals surface area contributed by atoms with E-state index >= 15 is 0 Å². The molecule has 0 heterocycles. The van der Waals surface area contributed by atoms with Crippen LogP contribution in [-0.4, -0.2) is 23.5 Å². The number of aliphatic hydroxyl groups excluding tert-OH is 1. The zero-order chi connectivity index (χ0) is 12.0. The van der Waals surface area contributed by atoms with Crippen molar-refractivity contribution in [2.75, 3.05) is 13.2 Å². The van der Waals surface area contributed by atoms with E-state index in [1.807, 2.05) is 6.92 Å². The van der Waals surface area contributed by atoms with Gasteiger partial charge in [-0.25, -0.2) is 0 Å². The van der Waals surface area contributed by atoms with Gasteiger partial charge in [0.1, 0.15) is 0 Å². The molecule has 1 rings (SSSR count). The van der Waals surface area contributed by atoms with Crippen molar-refractivity contribution in [2.45, 2.75) is 30.5 Å². The van der Waals surface area contributed by atoms with Crippen LogP contribution in [0.1, 0.15) is 19.4 Å². The fourth-order valence-electron chi connectivity index (χ4n) is 1.27. The van der Waals surface area contributed by atoms with Crippen molar-refractivity contribution < 1.29 is 5.11 Å². The Morgan fingerprint density at radius 2 is 2.25 bits per heavy atom. The van der Waals surface area contributed by atoms with Gasteiger partial charge in [-0.3, -0.25) is 0 Å². The third-order valence-electron chi connectivity index (χ3n) is 2.18. The summed E-state index contributed by atoms with van der Waals surface area (Å²) in [6.45, 7) is 6.19. The Hall–Kier alpha value is -0.0300. The van der Waals surface area contributed by atoms with Crippen LogP contribution in [-0.2, 0) is 6.54 Å². The van der Waals surface area contributed by atoms with Crippen molar-refractivity contribution in [2.24, 2.45) is 0 Å². The number of hydrogen-bond donors (Lipinski definition) is 2. The van der Waals surface area contributed by atoms with E-state index in [2.05, 4.69) is 46.4 Å². The molecular weight excluding hydrogens is 286 g/mol. The van der Waals surface area contributed by atoms with E-state index in [4.69, 9.17) is 5.11 Å². The summed E-state index contributed by atoms with van der Waals surface area (Å²) in [6.07, 6.45) is 0. The zero-order valence-corrected chi connectivity index (χ0v) is 12.1. The number of aliphatic hydroxyl groups is 1. The lowest BCUT2D eigenvalue weighted by Crippen LogP contribution is -2.12. The second-order valence-electron chi connectivity index (χ2n) is 3.64. The van der Waals surface area contributed by atoms with Gasteiger partial charge in [0.05, 0.1) is 6.61 Å². The lowest BCUT2D eigenvalue weighted by molar-refractivity contribution is 0.300. The molecule has 2 N–H and O–H groups in total. The summed E-state index contributed by atoms with van der Waals surface area (Å²) in [5, 5.41) is 12.5. The highest BCUT2D eigenvalue weighted by atomic mass is 79.9. The highest BCUT2D eigenvalue weighted by molar-refractivity contribution is 9.10. The molecule has 1 aromatic rings. The summed E-state index contributed by atoms with van der Waals surface area (Å²) in [5.74, 6) is 0. The van der Waals surface area contributed by atoms with Gasteiger partial charge in [-0.2, -0.15) is 0 Å². The minimum absolute atomic E-state index is 0.210. The fourth-order valence-corrected chi connectivity index (χ4v) is 2.82. The highest BCUT2D eigenvalue weighted by Gasteiger charge is 2.05. The van der Waals surface area contributed by atoms with Gasteiger partial charge in [-0.15, -0.1) is 11.8 Å². The van der Waals surface area contributed by atoms with Gasteiger partial charge in [0.15, 0.2) is 0 Å². The summed E-state index contributed by atoms with van der Waals surface area (Å²) < 4.78 is 1.13. The second-order valence-corrected chi connectivity index (χ2v) is 6.01. The van der Waals surface area contributed by atoms with E-state index in [1.165, 1.54) is 10.5 Å². The normalized spacial score (nSPS) is 12.8. The average molecular weight is 304 g/mol. The quantitative estimate of drug-likeness (QED) is 0.792. The lowest BCUT2D eigenvalue weighted by atomic mass is 10.2. The van der Waals surface area contributed by atoms with Crippen LogP contribution >= 0.6 is 27.7 Å². The summed E-state index contributed by atoms with van der Waals surface area (Å²) in [5.41, 5.74) is 1.27. The molecule has 0 saturated heterocycles. The summed E-state index contributed by atoms with van der Waals surface area (Å²) in [4.78, 5) is 1.19. The van der Waals surface area contributed by atoms with Crippen LogP contribution in [0.3, 0.4) is 0 Å². The number of nitrogens with one attached hydrogen (secondary N) is 1. The van der Waals surface area contributed by atoms with Crippen LogP contribution in [0.25, 0.3) is 0 Å². The predicted molar refractivity (Wildman–Crippen MR) is 73.9 cm³/mol.